The molecule has 4 aromatic rings. The Labute approximate surface area is 176 Å². The van der Waals surface area contributed by atoms with Crippen molar-refractivity contribution in [3.05, 3.63) is 77.4 Å². The molecule has 5 nitrogen and oxygen atoms in total. The lowest BCUT2D eigenvalue weighted by molar-refractivity contribution is 0.0747. The summed E-state index contributed by atoms with van der Waals surface area (Å²) in [6.07, 6.45) is 0. The largest absolute Gasteiger partial charge is 0.368 e. The van der Waals surface area contributed by atoms with E-state index in [0.717, 1.165) is 35.2 Å². The molecule has 1 aromatic heterocycles. The molecule has 1 fully saturated rings. The number of aryl methyl sites for hydroxylation is 1. The lowest BCUT2D eigenvalue weighted by Gasteiger charge is -2.37. The van der Waals surface area contributed by atoms with E-state index in [-0.39, 0.29) is 5.91 Å². The van der Waals surface area contributed by atoms with Gasteiger partial charge in [0, 0.05) is 37.4 Å². The summed E-state index contributed by atoms with van der Waals surface area (Å²) >= 11 is 0. The van der Waals surface area contributed by atoms with Gasteiger partial charge in [0.05, 0.1) is 22.1 Å². The van der Waals surface area contributed by atoms with Crippen molar-refractivity contribution < 1.29 is 4.79 Å². The highest BCUT2D eigenvalue weighted by Crippen LogP contribution is 2.24. The van der Waals surface area contributed by atoms with Crippen LogP contribution in [0.2, 0.25) is 0 Å². The van der Waals surface area contributed by atoms with Crippen molar-refractivity contribution in [3.8, 4) is 0 Å². The Balaban J connectivity index is 1.35. The molecule has 1 aliphatic heterocycles. The van der Waals surface area contributed by atoms with Gasteiger partial charge in [0.25, 0.3) is 5.91 Å². The fourth-order valence-corrected chi connectivity index (χ4v) is 4.16. The maximum absolute atomic E-state index is 13.1. The number of benzene rings is 3. The van der Waals surface area contributed by atoms with Gasteiger partial charge >= 0.3 is 0 Å². The van der Waals surface area contributed by atoms with E-state index in [9.17, 15) is 4.79 Å². The number of hydrogen-bond acceptors (Lipinski definition) is 4. The number of amides is 1. The highest BCUT2D eigenvalue weighted by atomic mass is 16.2. The average Bonchev–Trinajstić information content (AvgIpc) is 2.79. The minimum atomic E-state index is 0.0625. The molecule has 0 spiro atoms. The first kappa shape index (κ1) is 18.6. The Morgan fingerprint density at radius 1 is 0.767 bits per heavy atom. The van der Waals surface area contributed by atoms with Crippen molar-refractivity contribution in [2.75, 3.05) is 31.1 Å². The number of para-hydroxylation sites is 2. The van der Waals surface area contributed by atoms with Crippen LogP contribution in [0.5, 0.6) is 0 Å². The predicted octanol–water partition coefficient (Wildman–Crippen LogP) is 4.36. The van der Waals surface area contributed by atoms with E-state index in [1.54, 1.807) is 0 Å². The summed E-state index contributed by atoms with van der Waals surface area (Å²) in [5.74, 6) is 0.0625. The van der Waals surface area contributed by atoms with Crippen LogP contribution in [0.1, 0.15) is 21.5 Å². The zero-order chi connectivity index (χ0) is 20.7. The number of aromatic nitrogens is 2. The Bertz CT molecular complexity index is 1260. The second-order valence-corrected chi connectivity index (χ2v) is 7.91. The summed E-state index contributed by atoms with van der Waals surface area (Å²) in [4.78, 5) is 26.8. The molecule has 150 valence electrons. The summed E-state index contributed by atoms with van der Waals surface area (Å²) < 4.78 is 0. The monoisotopic (exact) mass is 396 g/mol. The van der Waals surface area contributed by atoms with E-state index < -0.39 is 0 Å². The highest BCUT2D eigenvalue weighted by Gasteiger charge is 2.23. The third kappa shape index (κ3) is 3.26. The molecule has 0 bridgehead atoms. The molecule has 30 heavy (non-hydrogen) atoms. The first-order valence-corrected chi connectivity index (χ1v) is 10.4. The van der Waals surface area contributed by atoms with Crippen LogP contribution < -0.4 is 4.90 Å². The van der Waals surface area contributed by atoms with Crippen molar-refractivity contribution >= 4 is 33.7 Å². The third-order valence-corrected chi connectivity index (χ3v) is 6.07. The molecule has 0 atom stereocenters. The number of carbonyl (C=O) groups excluding carboxylic acids is 1. The lowest BCUT2D eigenvalue weighted by atomic mass is 10.1. The molecule has 0 aliphatic carbocycles. The van der Waals surface area contributed by atoms with Crippen LogP contribution in [0.15, 0.2) is 60.7 Å². The summed E-state index contributed by atoms with van der Waals surface area (Å²) in [5, 5.41) is 0. The smallest absolute Gasteiger partial charge is 0.254 e. The Hall–Kier alpha value is -3.47. The maximum atomic E-state index is 13.1. The third-order valence-electron chi connectivity index (χ3n) is 6.07. The van der Waals surface area contributed by atoms with E-state index >= 15 is 0 Å². The molecule has 1 amide bonds. The number of fused-ring (bicyclic) bond motifs is 2. The van der Waals surface area contributed by atoms with Crippen molar-refractivity contribution in [2.45, 2.75) is 13.8 Å². The molecule has 1 aliphatic rings. The van der Waals surface area contributed by atoms with Gasteiger partial charge in [-0.2, -0.15) is 0 Å². The Kier molecular flexibility index (Phi) is 4.58. The number of piperazine rings is 1. The van der Waals surface area contributed by atoms with Gasteiger partial charge < -0.3 is 9.80 Å². The molecule has 5 rings (SSSR count). The van der Waals surface area contributed by atoms with Gasteiger partial charge in [-0.25, -0.2) is 9.97 Å². The van der Waals surface area contributed by atoms with Crippen LogP contribution in [0, 0.1) is 13.8 Å². The first-order valence-electron chi connectivity index (χ1n) is 10.4. The maximum Gasteiger partial charge on any atom is 0.254 e. The zero-order valence-corrected chi connectivity index (χ0v) is 17.3. The summed E-state index contributed by atoms with van der Waals surface area (Å²) in [5.41, 5.74) is 7.84. The van der Waals surface area contributed by atoms with E-state index in [1.165, 1.54) is 16.8 Å². The Morgan fingerprint density at radius 2 is 1.43 bits per heavy atom. The summed E-state index contributed by atoms with van der Waals surface area (Å²) in [6, 6.07) is 19.9. The molecule has 2 heterocycles. The molecule has 5 heteroatoms. The van der Waals surface area contributed by atoms with Gasteiger partial charge in [0.15, 0.2) is 0 Å². The molecule has 3 aromatic carbocycles. The van der Waals surface area contributed by atoms with Gasteiger partial charge in [0.2, 0.25) is 0 Å². The molecule has 1 saturated heterocycles. The number of carbonyl (C=O) groups is 1. The molecular formula is C25H24N4O. The number of rotatable bonds is 2. The van der Waals surface area contributed by atoms with Crippen LogP contribution in [-0.4, -0.2) is 47.0 Å². The summed E-state index contributed by atoms with van der Waals surface area (Å²) in [7, 11) is 0. The van der Waals surface area contributed by atoms with Gasteiger partial charge in [-0.05, 0) is 61.4 Å². The minimum absolute atomic E-state index is 0.0625. The fraction of sp³-hybridized carbons (Fsp3) is 0.240. The predicted molar refractivity (Wildman–Crippen MR) is 121 cm³/mol. The van der Waals surface area contributed by atoms with E-state index in [2.05, 4.69) is 41.9 Å². The van der Waals surface area contributed by atoms with Gasteiger partial charge in [0.1, 0.15) is 0 Å². The fourth-order valence-electron chi connectivity index (χ4n) is 4.16. The van der Waals surface area contributed by atoms with Crippen molar-refractivity contribution in [3.63, 3.8) is 0 Å². The quantitative estimate of drug-likeness (QED) is 0.472. The van der Waals surface area contributed by atoms with Crippen LogP contribution in [0.3, 0.4) is 0 Å². The van der Waals surface area contributed by atoms with Crippen molar-refractivity contribution in [2.24, 2.45) is 0 Å². The molecule has 0 unspecified atom stereocenters. The first-order chi connectivity index (χ1) is 14.6. The average molecular weight is 396 g/mol. The Morgan fingerprint density at radius 3 is 2.17 bits per heavy atom. The van der Waals surface area contributed by atoms with Gasteiger partial charge in [-0.3, -0.25) is 4.79 Å². The standard InChI is InChI=1S/C25H24N4O/c1-17-6-5-9-24(18(17)2)28-12-14-29(15-13-28)25(30)19-10-11-22-23(16-19)27-21-8-4-3-7-20(21)26-22/h3-11,16H,12-15H2,1-2H3. The van der Waals surface area contributed by atoms with Crippen molar-refractivity contribution in [1.29, 1.82) is 0 Å². The van der Waals surface area contributed by atoms with Crippen molar-refractivity contribution in [1.82, 2.24) is 14.9 Å². The minimum Gasteiger partial charge on any atom is -0.368 e. The van der Waals surface area contributed by atoms with E-state index in [1.807, 2.05) is 47.4 Å². The van der Waals surface area contributed by atoms with Crippen LogP contribution in [0.25, 0.3) is 22.1 Å². The van der Waals surface area contributed by atoms with E-state index in [4.69, 9.17) is 4.98 Å². The topological polar surface area (TPSA) is 49.3 Å². The normalized spacial score (nSPS) is 14.5. The van der Waals surface area contributed by atoms with E-state index in [0.29, 0.717) is 18.7 Å². The van der Waals surface area contributed by atoms with Gasteiger partial charge in [-0.1, -0.05) is 24.3 Å². The highest BCUT2D eigenvalue weighted by molar-refractivity contribution is 5.98. The number of anilines is 1. The molecule has 0 saturated carbocycles. The SMILES string of the molecule is Cc1cccc(N2CCN(C(=O)c3ccc4nc5ccccc5nc4c3)CC2)c1C. The molecular weight excluding hydrogens is 372 g/mol. The van der Waals surface area contributed by atoms with Crippen LogP contribution in [0.4, 0.5) is 5.69 Å². The van der Waals surface area contributed by atoms with Crippen LogP contribution >= 0.6 is 0 Å². The lowest BCUT2D eigenvalue weighted by Crippen LogP contribution is -2.49. The second-order valence-electron chi connectivity index (χ2n) is 7.91. The number of hydrogen-bond donors (Lipinski definition) is 0. The van der Waals surface area contributed by atoms with Crippen LogP contribution in [-0.2, 0) is 0 Å². The molecule has 0 N–H and O–H groups in total. The zero-order valence-electron chi connectivity index (χ0n) is 17.3. The summed E-state index contributed by atoms with van der Waals surface area (Å²) in [6.45, 7) is 7.43. The van der Waals surface area contributed by atoms with Gasteiger partial charge in [-0.15, -0.1) is 0 Å². The second kappa shape index (κ2) is 7.41. The number of nitrogens with zero attached hydrogens (tertiary/aromatic N) is 4. The molecule has 0 radical (unpaired) electrons.